The first-order chi connectivity index (χ1) is 13.8. The van der Waals surface area contributed by atoms with Gasteiger partial charge in [-0.05, 0) is 23.0 Å². The van der Waals surface area contributed by atoms with Gasteiger partial charge < -0.3 is 14.9 Å². The lowest BCUT2D eigenvalue weighted by molar-refractivity contribution is -0.129. The molecule has 0 saturated carbocycles. The quantitative estimate of drug-likeness (QED) is 0.322. The fourth-order valence-corrected chi connectivity index (χ4v) is 2.27. The predicted octanol–water partition coefficient (Wildman–Crippen LogP) is 4.67. The van der Waals surface area contributed by atoms with Crippen molar-refractivity contribution in [2.24, 2.45) is 10.8 Å². The second kappa shape index (κ2) is 11.0. The topological polar surface area (TPSA) is 83.8 Å². The van der Waals surface area contributed by atoms with Gasteiger partial charge in [0.15, 0.2) is 0 Å². The van der Waals surface area contributed by atoms with E-state index in [-0.39, 0.29) is 10.8 Å². The van der Waals surface area contributed by atoms with Crippen LogP contribution >= 0.6 is 0 Å². The molecule has 0 fully saturated rings. The molecule has 2 unspecified atom stereocenters. The van der Waals surface area contributed by atoms with Gasteiger partial charge >= 0.3 is 5.97 Å². The van der Waals surface area contributed by atoms with Gasteiger partial charge in [-0.3, -0.25) is 4.79 Å². The van der Waals surface area contributed by atoms with Gasteiger partial charge in [-0.15, -0.1) is 0 Å². The molecule has 0 aliphatic carbocycles. The van der Waals surface area contributed by atoms with Crippen LogP contribution in [-0.2, 0) is 4.79 Å². The molecular formula is C25H34O5. The molecule has 0 aliphatic heterocycles. The van der Waals surface area contributed by atoms with Crippen molar-refractivity contribution >= 4 is 11.8 Å². The van der Waals surface area contributed by atoms with Gasteiger partial charge in [0.25, 0.3) is 5.78 Å². The van der Waals surface area contributed by atoms with E-state index >= 15 is 0 Å². The third-order valence-electron chi connectivity index (χ3n) is 4.62. The first-order valence-corrected chi connectivity index (χ1v) is 10.0. The number of ether oxygens (including phenoxy) is 1. The summed E-state index contributed by atoms with van der Waals surface area (Å²) in [5.41, 5.74) is 0.0341. The van der Waals surface area contributed by atoms with Crippen LogP contribution < -0.4 is 4.74 Å². The zero-order chi connectivity index (χ0) is 22.9. The number of carbonyl (C=O) groups excluding carboxylic acids is 2. The number of esters is 1. The van der Waals surface area contributed by atoms with Gasteiger partial charge in [0, 0.05) is 12.0 Å². The van der Waals surface area contributed by atoms with E-state index in [1.807, 2.05) is 41.5 Å². The smallest absolute Gasteiger partial charge is 0.385 e. The lowest BCUT2D eigenvalue weighted by Gasteiger charge is -2.32. The van der Waals surface area contributed by atoms with Crippen LogP contribution in [0.25, 0.3) is 0 Å². The Labute approximate surface area is 179 Å². The highest BCUT2D eigenvalue weighted by Crippen LogP contribution is 2.28. The zero-order valence-electron chi connectivity index (χ0n) is 18.8. The van der Waals surface area contributed by atoms with E-state index in [2.05, 4.69) is 0 Å². The van der Waals surface area contributed by atoms with Gasteiger partial charge in [0.2, 0.25) is 0 Å². The third kappa shape index (κ3) is 8.89. The molecule has 30 heavy (non-hydrogen) atoms. The van der Waals surface area contributed by atoms with Crippen LogP contribution in [-0.4, -0.2) is 34.2 Å². The molecule has 0 aromatic heterocycles. The van der Waals surface area contributed by atoms with E-state index in [0.29, 0.717) is 17.7 Å². The van der Waals surface area contributed by atoms with E-state index in [9.17, 15) is 19.8 Å². The van der Waals surface area contributed by atoms with E-state index in [0.717, 1.165) is 0 Å². The van der Waals surface area contributed by atoms with Crippen molar-refractivity contribution in [2.75, 3.05) is 0 Å². The number of aliphatic hydroxyl groups excluding tert-OH is 2. The normalized spacial score (nSPS) is 13.5. The van der Waals surface area contributed by atoms with E-state index < -0.39 is 24.0 Å². The highest BCUT2D eigenvalue weighted by atomic mass is 16.5. The Morgan fingerprint density at radius 3 is 1.57 bits per heavy atom. The predicted molar refractivity (Wildman–Crippen MR) is 118 cm³/mol. The van der Waals surface area contributed by atoms with Crippen LogP contribution in [0, 0.1) is 10.8 Å². The maximum absolute atomic E-state index is 11.7. The SMILES string of the molecule is CC(C)(C)C(O)CC(O)C(C)(C)C.O=C(Oc1ccccc1)C(=O)c1ccccc1. The van der Waals surface area contributed by atoms with Crippen LogP contribution in [0.5, 0.6) is 5.75 Å². The molecule has 0 bridgehead atoms. The highest BCUT2D eigenvalue weighted by molar-refractivity contribution is 6.41. The first-order valence-electron chi connectivity index (χ1n) is 10.0. The van der Waals surface area contributed by atoms with Crippen molar-refractivity contribution in [1.82, 2.24) is 0 Å². The van der Waals surface area contributed by atoms with Crippen LogP contribution in [0.15, 0.2) is 60.7 Å². The summed E-state index contributed by atoms with van der Waals surface area (Å²) in [7, 11) is 0. The lowest BCUT2D eigenvalue weighted by atomic mass is 9.79. The maximum atomic E-state index is 11.7. The Balaban J connectivity index is 0.000000314. The Bertz CT molecular complexity index is 768. The summed E-state index contributed by atoms with van der Waals surface area (Å²) in [6, 6.07) is 16.8. The average molecular weight is 415 g/mol. The second-order valence-electron chi connectivity index (χ2n) is 9.40. The summed E-state index contributed by atoms with van der Waals surface area (Å²) in [4.78, 5) is 23.2. The number of ketones is 1. The standard InChI is InChI=1S/C14H10O3.C11H24O2/c15-13(11-7-3-1-4-8-11)14(16)17-12-9-5-2-6-10-12;1-10(2,3)8(12)7-9(13)11(4,5)6/h1-10H;8-9,12-13H,7H2,1-6H3. The molecule has 2 N–H and O–H groups in total. The summed E-state index contributed by atoms with van der Waals surface area (Å²) in [6.45, 7) is 11.9. The van der Waals surface area contributed by atoms with Crippen LogP contribution in [0.2, 0.25) is 0 Å². The van der Waals surface area contributed by atoms with Crippen molar-refractivity contribution in [3.05, 3.63) is 66.2 Å². The van der Waals surface area contributed by atoms with Crippen molar-refractivity contribution in [3.63, 3.8) is 0 Å². The number of rotatable bonds is 5. The molecule has 2 aromatic rings. The molecular weight excluding hydrogens is 380 g/mol. The Morgan fingerprint density at radius 1 is 0.767 bits per heavy atom. The van der Waals surface area contributed by atoms with Crippen LogP contribution in [0.3, 0.4) is 0 Å². The Morgan fingerprint density at radius 2 is 1.17 bits per heavy atom. The molecule has 0 radical (unpaired) electrons. The molecule has 2 aromatic carbocycles. The monoisotopic (exact) mass is 414 g/mol. The summed E-state index contributed by atoms with van der Waals surface area (Å²) in [5, 5.41) is 19.5. The molecule has 5 nitrogen and oxygen atoms in total. The highest BCUT2D eigenvalue weighted by Gasteiger charge is 2.30. The molecule has 164 valence electrons. The molecule has 2 atom stereocenters. The molecule has 5 heteroatoms. The molecule has 0 amide bonds. The van der Waals surface area contributed by atoms with E-state index in [1.54, 1.807) is 60.7 Å². The second-order valence-corrected chi connectivity index (χ2v) is 9.40. The Hall–Kier alpha value is -2.50. The summed E-state index contributed by atoms with van der Waals surface area (Å²) in [6.07, 6.45) is -0.434. The molecule has 0 saturated heterocycles. The van der Waals surface area contributed by atoms with Gasteiger partial charge in [-0.1, -0.05) is 90.1 Å². The minimum atomic E-state index is -0.873. The number of carbonyl (C=O) groups is 2. The minimum absolute atomic E-state index is 0.147. The van der Waals surface area contributed by atoms with Crippen molar-refractivity contribution < 1.29 is 24.5 Å². The van der Waals surface area contributed by atoms with E-state index in [1.165, 1.54) is 0 Å². The third-order valence-corrected chi connectivity index (χ3v) is 4.62. The zero-order valence-corrected chi connectivity index (χ0v) is 18.8. The van der Waals surface area contributed by atoms with Gasteiger partial charge in [0.05, 0.1) is 12.2 Å². The number of hydrogen-bond donors (Lipinski definition) is 2. The van der Waals surface area contributed by atoms with Crippen molar-refractivity contribution in [1.29, 1.82) is 0 Å². The van der Waals surface area contributed by atoms with Crippen molar-refractivity contribution in [2.45, 2.75) is 60.2 Å². The summed E-state index contributed by atoms with van der Waals surface area (Å²) >= 11 is 0. The largest absolute Gasteiger partial charge is 0.421 e. The lowest BCUT2D eigenvalue weighted by Crippen LogP contribution is -2.35. The average Bonchev–Trinajstić information content (AvgIpc) is 2.68. The minimum Gasteiger partial charge on any atom is -0.421 e. The number of aliphatic hydroxyl groups is 2. The molecule has 2 rings (SSSR count). The number of para-hydroxylation sites is 1. The molecule has 0 spiro atoms. The number of hydrogen-bond acceptors (Lipinski definition) is 5. The number of Topliss-reactive ketones (excluding diaryl/α,β-unsaturated/α-hetero) is 1. The summed E-state index contributed by atoms with van der Waals surface area (Å²) in [5.74, 6) is -1.15. The Kier molecular flexibility index (Phi) is 9.40. The molecule has 0 heterocycles. The van der Waals surface area contributed by atoms with Crippen LogP contribution in [0.4, 0.5) is 0 Å². The van der Waals surface area contributed by atoms with Crippen LogP contribution in [0.1, 0.15) is 58.3 Å². The van der Waals surface area contributed by atoms with Gasteiger partial charge in [0.1, 0.15) is 5.75 Å². The molecule has 0 aliphatic rings. The van der Waals surface area contributed by atoms with E-state index in [4.69, 9.17) is 4.74 Å². The van der Waals surface area contributed by atoms with Gasteiger partial charge in [-0.2, -0.15) is 0 Å². The van der Waals surface area contributed by atoms with Crippen molar-refractivity contribution in [3.8, 4) is 5.75 Å². The van der Waals surface area contributed by atoms with Gasteiger partial charge in [-0.25, -0.2) is 4.79 Å². The fraction of sp³-hybridized carbons (Fsp3) is 0.440. The first kappa shape index (κ1) is 25.5. The number of benzene rings is 2. The fourth-order valence-electron chi connectivity index (χ4n) is 2.27. The summed E-state index contributed by atoms with van der Waals surface area (Å²) < 4.78 is 4.94. The maximum Gasteiger partial charge on any atom is 0.385 e.